The molecular weight excluding hydrogens is 1230 g/mol. The summed E-state index contributed by atoms with van der Waals surface area (Å²) in [5.41, 5.74) is 31.7. The molecule has 1 N–H and O–H groups in total. The van der Waals surface area contributed by atoms with Gasteiger partial charge in [-0.2, -0.15) is 0 Å². The molecule has 13 aromatic carbocycles. The average Bonchev–Trinajstić information content (AvgIpc) is 1.52. The van der Waals surface area contributed by atoms with Crippen molar-refractivity contribution in [2.75, 3.05) is 0 Å². The Morgan fingerprint density at radius 3 is 1.02 bits per heavy atom. The average molecular weight is 1290 g/mol. The van der Waals surface area contributed by atoms with Gasteiger partial charge in [-0.3, -0.25) is 0 Å². The standard InChI is InChI=1S/C49H30N2.C25H14Br2.C12H8N/c1-7-19-41-33(13-1)34-14-2-8-20-42(34)49(41)43-27-25-31(50-45-21-9-3-15-35(45)36-16-4-10-22-46(36)50)29-39(43)40-30-32(26-28-44(40)49)51-47-23-11-5-17-37(47)38-18-6-12-24-48(38)51;26-15-9-11-23-19(13-15)20-14-16(27)10-12-24(20)25(23)21-7-3-1-5-17(21)18-6-2-4-8-22(18)25;1-3-7-11-9(5-1)10-6-2-4-8-12(10)13-11/h1-30H;1-14H;1-3,5-8,13H/q;;+1. The van der Waals surface area contributed by atoms with Gasteiger partial charge < -0.3 is 14.1 Å². The van der Waals surface area contributed by atoms with Gasteiger partial charge in [-0.25, -0.2) is 0 Å². The molecule has 3 heterocycles. The lowest BCUT2D eigenvalue weighted by atomic mass is 9.70. The number of rotatable bonds is 2. The van der Waals surface area contributed by atoms with Gasteiger partial charge >= 0.3 is 0 Å². The molecule has 0 saturated heterocycles. The molecule has 0 amide bonds. The van der Waals surface area contributed by atoms with E-state index in [1.807, 2.05) is 18.2 Å². The third kappa shape index (κ3) is 7.28. The zero-order chi connectivity index (χ0) is 60.1. The minimum atomic E-state index is -0.406. The van der Waals surface area contributed by atoms with Crippen LogP contribution in [0.1, 0.15) is 55.8 Å². The fraction of sp³-hybridized carbons (Fsp3) is 0.0233. The Balaban J connectivity index is 0.000000122. The molecule has 5 aliphatic rings. The Kier molecular flexibility index (Phi) is 11.5. The zero-order valence-electron chi connectivity index (χ0n) is 49.1. The van der Waals surface area contributed by atoms with Gasteiger partial charge in [-0.05, 0) is 174 Å². The zero-order valence-corrected chi connectivity index (χ0v) is 52.3. The van der Waals surface area contributed by atoms with Gasteiger partial charge in [0.1, 0.15) is 17.7 Å². The number of para-hydroxylation sites is 5. The van der Waals surface area contributed by atoms with Crippen LogP contribution in [0.25, 0.3) is 123 Å². The first-order chi connectivity index (χ1) is 45.0. The number of halogens is 2. The van der Waals surface area contributed by atoms with Crippen LogP contribution < -0.4 is 0 Å². The van der Waals surface area contributed by atoms with E-state index in [4.69, 9.17) is 0 Å². The van der Waals surface area contributed by atoms with Crippen LogP contribution in [0.2, 0.25) is 0 Å². The van der Waals surface area contributed by atoms with Crippen LogP contribution >= 0.6 is 31.9 Å². The van der Waals surface area contributed by atoms with Crippen LogP contribution in [0.5, 0.6) is 0 Å². The molecule has 2 spiro atoms. The summed E-state index contributed by atoms with van der Waals surface area (Å²) in [7, 11) is 0. The van der Waals surface area contributed by atoms with Crippen LogP contribution in [0, 0.1) is 6.08 Å². The minimum Gasteiger partial charge on any atom is -0.309 e. The predicted octanol–water partition coefficient (Wildman–Crippen LogP) is 22.8. The topological polar surface area (TPSA) is 25.6 Å². The fourth-order valence-electron chi connectivity index (χ4n) is 16.6. The summed E-state index contributed by atoms with van der Waals surface area (Å²) < 4.78 is 7.12. The van der Waals surface area contributed by atoms with Crippen LogP contribution in [0.3, 0.4) is 0 Å². The van der Waals surface area contributed by atoms with Gasteiger partial charge in [0.15, 0.2) is 5.69 Å². The van der Waals surface area contributed by atoms with Gasteiger partial charge in [-0.1, -0.05) is 238 Å². The maximum absolute atomic E-state index is 3.68. The molecule has 0 saturated carbocycles. The first-order valence-electron chi connectivity index (χ1n) is 31.1. The molecule has 5 aliphatic carbocycles. The molecule has 3 nitrogen and oxygen atoms in total. The van der Waals surface area contributed by atoms with E-state index in [-0.39, 0.29) is 5.41 Å². The number of benzene rings is 13. The quantitative estimate of drug-likeness (QED) is 0.167. The summed E-state index contributed by atoms with van der Waals surface area (Å²) in [4.78, 5) is 3.35. The third-order valence-electron chi connectivity index (χ3n) is 20.1. The molecule has 3 aromatic heterocycles. The molecule has 0 atom stereocenters. The number of aromatic nitrogens is 3. The van der Waals surface area contributed by atoms with Crippen molar-refractivity contribution in [2.24, 2.45) is 0 Å². The van der Waals surface area contributed by atoms with Gasteiger partial charge in [0, 0.05) is 53.3 Å². The van der Waals surface area contributed by atoms with E-state index in [2.05, 4.69) is 343 Å². The summed E-state index contributed by atoms with van der Waals surface area (Å²) >= 11 is 7.37. The number of hydrogen-bond donors (Lipinski definition) is 1. The molecule has 424 valence electrons. The SMILES string of the molecule is Brc1ccc2c(c1)-c1cc(Br)ccc1C21c2ccccc2-c2ccccc21.[C+]1=Cc2[nH]c3ccccc3c2C=C1.c1ccc2c(c1)-c1ccccc1C21c2ccc(-n3c4ccccc4c4ccccc43)cc2-c2cc(-n3c4ccccc4c4ccccc43)ccc21. The highest BCUT2D eigenvalue weighted by atomic mass is 79.9. The first-order valence-corrected chi connectivity index (χ1v) is 32.7. The molecule has 16 aromatic rings. The Bertz CT molecular complexity index is 5430. The lowest BCUT2D eigenvalue weighted by Gasteiger charge is -2.30. The highest BCUT2D eigenvalue weighted by molar-refractivity contribution is 9.10. The van der Waals surface area contributed by atoms with Crippen molar-refractivity contribution in [3.05, 3.63) is 368 Å². The van der Waals surface area contributed by atoms with E-state index >= 15 is 0 Å². The van der Waals surface area contributed by atoms with Gasteiger partial charge in [-0.15, -0.1) is 0 Å². The van der Waals surface area contributed by atoms with Crippen molar-refractivity contribution in [2.45, 2.75) is 10.8 Å². The van der Waals surface area contributed by atoms with Crippen LogP contribution in [0.15, 0.2) is 306 Å². The molecule has 21 rings (SSSR count). The molecule has 0 unspecified atom stereocenters. The number of aromatic amines is 1. The summed E-state index contributed by atoms with van der Waals surface area (Å²) in [6.07, 6.45) is 9.09. The van der Waals surface area contributed by atoms with Crippen molar-refractivity contribution in [3.8, 4) is 55.9 Å². The van der Waals surface area contributed by atoms with Crippen LogP contribution in [-0.4, -0.2) is 14.1 Å². The first kappa shape index (κ1) is 52.3. The second-order valence-corrected chi connectivity index (χ2v) is 26.2. The maximum Gasteiger partial charge on any atom is 0.159 e. The Morgan fingerprint density at radius 1 is 0.297 bits per heavy atom. The second-order valence-electron chi connectivity index (χ2n) is 24.4. The van der Waals surface area contributed by atoms with Crippen molar-refractivity contribution >= 4 is 98.5 Å². The van der Waals surface area contributed by atoms with E-state index < -0.39 is 5.41 Å². The number of nitrogens with zero attached hydrogens (tertiary/aromatic N) is 2. The van der Waals surface area contributed by atoms with E-state index in [1.54, 1.807) is 0 Å². The number of H-pyrrole nitrogens is 1. The van der Waals surface area contributed by atoms with Gasteiger partial charge in [0.05, 0.1) is 44.5 Å². The molecule has 0 radical (unpaired) electrons. The predicted molar refractivity (Wildman–Crippen MR) is 385 cm³/mol. The van der Waals surface area contributed by atoms with E-state index in [9.17, 15) is 0 Å². The summed E-state index contributed by atoms with van der Waals surface area (Å²) in [5.74, 6) is 0. The summed E-state index contributed by atoms with van der Waals surface area (Å²) in [5, 5.41) is 6.39. The Hall–Kier alpha value is -10.7. The second kappa shape index (κ2) is 19.9. The van der Waals surface area contributed by atoms with Crippen LogP contribution in [0.4, 0.5) is 0 Å². The molecule has 91 heavy (non-hydrogen) atoms. The summed E-state index contributed by atoms with van der Waals surface area (Å²) in [6, 6.07) is 107. The maximum atomic E-state index is 3.68. The number of fused-ring (bicyclic) bond motifs is 29. The largest absolute Gasteiger partial charge is 0.309 e. The van der Waals surface area contributed by atoms with E-state index in [1.165, 1.54) is 160 Å². The number of allylic oxidation sites excluding steroid dienone is 2. The molecule has 5 heteroatoms. The van der Waals surface area contributed by atoms with Crippen LogP contribution in [-0.2, 0) is 10.8 Å². The highest BCUT2D eigenvalue weighted by Crippen LogP contribution is 2.65. The fourth-order valence-corrected chi connectivity index (χ4v) is 17.4. The van der Waals surface area contributed by atoms with E-state index in [0.717, 1.165) is 14.6 Å². The molecule has 0 aliphatic heterocycles. The lowest BCUT2D eigenvalue weighted by molar-refractivity contribution is 0.793. The Morgan fingerprint density at radius 2 is 0.615 bits per heavy atom. The molecule has 0 bridgehead atoms. The minimum absolute atomic E-state index is 0.237. The normalized spacial score (nSPS) is 13.8. The number of nitrogens with one attached hydrogen (secondary N) is 1. The molecule has 0 fully saturated rings. The Labute approximate surface area is 543 Å². The van der Waals surface area contributed by atoms with Gasteiger partial charge in [0.2, 0.25) is 0 Å². The van der Waals surface area contributed by atoms with Crippen molar-refractivity contribution < 1.29 is 0 Å². The van der Waals surface area contributed by atoms with E-state index in [0.29, 0.717) is 0 Å². The monoisotopic (exact) mass is 1280 g/mol. The van der Waals surface area contributed by atoms with Crippen molar-refractivity contribution in [1.82, 2.24) is 14.1 Å². The van der Waals surface area contributed by atoms with Crippen molar-refractivity contribution in [3.63, 3.8) is 0 Å². The summed E-state index contributed by atoms with van der Waals surface area (Å²) in [6.45, 7) is 0. The lowest BCUT2D eigenvalue weighted by Crippen LogP contribution is -2.25. The molecular formula is C86H52Br2N3+. The van der Waals surface area contributed by atoms with Crippen molar-refractivity contribution in [1.29, 1.82) is 0 Å². The number of hydrogen-bond acceptors (Lipinski definition) is 0. The third-order valence-corrected chi connectivity index (χ3v) is 21.1. The van der Waals surface area contributed by atoms with Gasteiger partial charge in [0.25, 0.3) is 0 Å². The smallest absolute Gasteiger partial charge is 0.159 e. The highest BCUT2D eigenvalue weighted by Gasteiger charge is 2.53.